The van der Waals surface area contributed by atoms with Crippen LogP contribution in [0.15, 0.2) is 16.7 Å². The van der Waals surface area contributed by atoms with Gasteiger partial charge >= 0.3 is 6.03 Å². The van der Waals surface area contributed by atoms with Crippen molar-refractivity contribution in [3.05, 3.63) is 46.1 Å². The van der Waals surface area contributed by atoms with Crippen LogP contribution in [0.2, 0.25) is 0 Å². The van der Waals surface area contributed by atoms with Gasteiger partial charge in [0.2, 0.25) is 0 Å². The van der Waals surface area contributed by atoms with Crippen molar-refractivity contribution in [3.63, 3.8) is 0 Å². The summed E-state index contributed by atoms with van der Waals surface area (Å²) in [5, 5.41) is 7.04. The topological polar surface area (TPSA) is 87.1 Å². The lowest BCUT2D eigenvalue weighted by molar-refractivity contribution is 0.192. The summed E-state index contributed by atoms with van der Waals surface area (Å²) in [5.74, 6) is 1.55. The molecule has 1 aliphatic rings. The molecule has 0 bridgehead atoms. The van der Waals surface area contributed by atoms with Crippen LogP contribution in [0.5, 0.6) is 0 Å². The molecule has 3 aromatic rings. The van der Waals surface area contributed by atoms with Gasteiger partial charge < -0.3 is 19.7 Å². The Hall–Kier alpha value is -2.83. The standard InChI is InChI=1S/C20H25N5O2/c1-11-8-15-16(9-12(11)2)23-18(22-15)10-21-20(26)25-7-5-6-17(25)19-13(3)24-27-14(19)4/h8-9,17H,5-7,10H2,1-4H3,(H,21,26)(H,22,23)/t17-/m1/s1. The zero-order valence-electron chi connectivity index (χ0n) is 16.2. The number of benzene rings is 1. The second kappa shape index (κ2) is 6.72. The third-order valence-corrected chi connectivity index (χ3v) is 5.49. The number of carbonyl (C=O) groups excluding carboxylic acids is 1. The average Bonchev–Trinajstić information content (AvgIpc) is 3.32. The van der Waals surface area contributed by atoms with Gasteiger partial charge in [-0.1, -0.05) is 5.16 Å². The van der Waals surface area contributed by atoms with Crippen LogP contribution < -0.4 is 5.32 Å². The largest absolute Gasteiger partial charge is 0.361 e. The van der Waals surface area contributed by atoms with E-state index in [-0.39, 0.29) is 12.1 Å². The van der Waals surface area contributed by atoms with Crippen molar-refractivity contribution < 1.29 is 9.32 Å². The first kappa shape index (κ1) is 17.6. The highest BCUT2D eigenvalue weighted by Crippen LogP contribution is 2.35. The van der Waals surface area contributed by atoms with Gasteiger partial charge in [-0.2, -0.15) is 0 Å². The Labute approximate surface area is 158 Å². The van der Waals surface area contributed by atoms with Gasteiger partial charge in [-0.3, -0.25) is 0 Å². The number of likely N-dealkylation sites (tertiary alicyclic amines) is 1. The van der Waals surface area contributed by atoms with E-state index < -0.39 is 0 Å². The summed E-state index contributed by atoms with van der Waals surface area (Å²) >= 11 is 0. The summed E-state index contributed by atoms with van der Waals surface area (Å²) < 4.78 is 5.29. The molecule has 7 heteroatoms. The Morgan fingerprint density at radius 3 is 2.81 bits per heavy atom. The number of rotatable bonds is 3. The van der Waals surface area contributed by atoms with Crippen LogP contribution in [-0.4, -0.2) is 32.6 Å². The quantitative estimate of drug-likeness (QED) is 0.736. The molecule has 4 rings (SSSR count). The van der Waals surface area contributed by atoms with Crippen molar-refractivity contribution in [2.45, 2.75) is 53.1 Å². The van der Waals surface area contributed by atoms with Crippen molar-refractivity contribution in [1.82, 2.24) is 25.3 Å². The van der Waals surface area contributed by atoms with Crippen molar-refractivity contribution in [3.8, 4) is 0 Å². The fraction of sp³-hybridized carbons (Fsp3) is 0.450. The highest BCUT2D eigenvalue weighted by atomic mass is 16.5. The molecule has 0 aliphatic carbocycles. The molecule has 1 atom stereocenters. The van der Waals surface area contributed by atoms with E-state index in [2.05, 4.69) is 46.4 Å². The zero-order valence-corrected chi connectivity index (χ0v) is 16.2. The number of carbonyl (C=O) groups is 1. The van der Waals surface area contributed by atoms with Gasteiger partial charge in [-0.15, -0.1) is 0 Å². The number of nitrogens with one attached hydrogen (secondary N) is 2. The molecule has 1 aliphatic heterocycles. The molecule has 142 valence electrons. The molecular weight excluding hydrogens is 342 g/mol. The van der Waals surface area contributed by atoms with E-state index in [0.29, 0.717) is 6.54 Å². The third kappa shape index (κ3) is 3.18. The maximum Gasteiger partial charge on any atom is 0.318 e. The number of H-pyrrole nitrogens is 1. The minimum absolute atomic E-state index is 0.0252. The Bertz CT molecular complexity index is 945. The summed E-state index contributed by atoms with van der Waals surface area (Å²) in [5.41, 5.74) is 6.26. The third-order valence-electron chi connectivity index (χ3n) is 5.49. The normalized spacial score (nSPS) is 17.0. The van der Waals surface area contributed by atoms with Crippen LogP contribution in [0, 0.1) is 27.7 Å². The molecule has 27 heavy (non-hydrogen) atoms. The summed E-state index contributed by atoms with van der Waals surface area (Å²) in [6, 6.07) is 4.11. The van der Waals surface area contributed by atoms with E-state index in [4.69, 9.17) is 4.52 Å². The van der Waals surface area contributed by atoms with Crippen molar-refractivity contribution in [1.29, 1.82) is 0 Å². The van der Waals surface area contributed by atoms with Gasteiger partial charge in [-0.25, -0.2) is 9.78 Å². The predicted molar refractivity (Wildman–Crippen MR) is 102 cm³/mol. The second-order valence-corrected chi connectivity index (χ2v) is 7.39. The van der Waals surface area contributed by atoms with E-state index in [9.17, 15) is 4.79 Å². The number of nitrogens with zero attached hydrogens (tertiary/aromatic N) is 3. The maximum atomic E-state index is 12.8. The van der Waals surface area contributed by atoms with Crippen LogP contribution in [-0.2, 0) is 6.54 Å². The monoisotopic (exact) mass is 367 g/mol. The number of hydrogen-bond donors (Lipinski definition) is 2. The summed E-state index contributed by atoms with van der Waals surface area (Å²) in [4.78, 5) is 22.6. The van der Waals surface area contributed by atoms with E-state index in [1.54, 1.807) is 0 Å². The van der Waals surface area contributed by atoms with Crippen molar-refractivity contribution >= 4 is 17.1 Å². The molecule has 2 amide bonds. The maximum absolute atomic E-state index is 12.8. The fourth-order valence-electron chi connectivity index (χ4n) is 3.94. The minimum atomic E-state index is -0.0784. The molecular formula is C20H25N5O2. The summed E-state index contributed by atoms with van der Waals surface area (Å²) in [7, 11) is 0. The van der Waals surface area contributed by atoms with E-state index >= 15 is 0 Å². The Morgan fingerprint density at radius 1 is 1.30 bits per heavy atom. The molecule has 2 aromatic heterocycles. The molecule has 0 spiro atoms. The molecule has 7 nitrogen and oxygen atoms in total. The first-order valence-corrected chi connectivity index (χ1v) is 9.37. The lowest BCUT2D eigenvalue weighted by Crippen LogP contribution is -2.39. The van der Waals surface area contributed by atoms with Crippen LogP contribution in [0.4, 0.5) is 4.79 Å². The number of aromatic amines is 1. The van der Waals surface area contributed by atoms with E-state index in [1.807, 2.05) is 18.7 Å². The lowest BCUT2D eigenvalue weighted by atomic mass is 10.0. The highest BCUT2D eigenvalue weighted by Gasteiger charge is 2.33. The molecule has 1 saturated heterocycles. The number of urea groups is 1. The van der Waals surface area contributed by atoms with Gasteiger partial charge in [-0.05, 0) is 63.8 Å². The van der Waals surface area contributed by atoms with E-state index in [1.165, 1.54) is 11.1 Å². The van der Waals surface area contributed by atoms with Crippen LogP contribution in [0.3, 0.4) is 0 Å². The molecule has 1 aromatic carbocycles. The number of fused-ring (bicyclic) bond motifs is 1. The van der Waals surface area contributed by atoms with Gasteiger partial charge in [0.1, 0.15) is 11.6 Å². The number of aromatic nitrogens is 3. The molecule has 0 unspecified atom stereocenters. The van der Waals surface area contributed by atoms with Gasteiger partial charge in [0.15, 0.2) is 0 Å². The average molecular weight is 367 g/mol. The van der Waals surface area contributed by atoms with Crippen LogP contribution in [0.1, 0.15) is 52.9 Å². The van der Waals surface area contributed by atoms with Crippen molar-refractivity contribution in [2.75, 3.05) is 6.54 Å². The first-order valence-electron chi connectivity index (χ1n) is 9.37. The van der Waals surface area contributed by atoms with E-state index in [0.717, 1.165) is 53.3 Å². The number of hydrogen-bond acceptors (Lipinski definition) is 4. The molecule has 2 N–H and O–H groups in total. The van der Waals surface area contributed by atoms with Crippen LogP contribution in [0.25, 0.3) is 11.0 Å². The summed E-state index contributed by atoms with van der Waals surface area (Å²) in [6.07, 6.45) is 1.91. The number of amides is 2. The number of aryl methyl sites for hydroxylation is 4. The molecule has 3 heterocycles. The second-order valence-electron chi connectivity index (χ2n) is 7.39. The predicted octanol–water partition coefficient (Wildman–Crippen LogP) is 3.83. The Kier molecular flexibility index (Phi) is 4.37. The SMILES string of the molecule is Cc1cc2nc(CNC(=O)N3CCC[C@@H]3c3c(C)noc3C)[nH]c2cc1C. The smallest absolute Gasteiger partial charge is 0.318 e. The molecule has 1 fully saturated rings. The molecule has 0 saturated carbocycles. The van der Waals surface area contributed by atoms with Crippen LogP contribution >= 0.6 is 0 Å². The minimum Gasteiger partial charge on any atom is -0.361 e. The fourth-order valence-corrected chi connectivity index (χ4v) is 3.94. The van der Waals surface area contributed by atoms with Crippen molar-refractivity contribution in [2.24, 2.45) is 0 Å². The zero-order chi connectivity index (χ0) is 19.1. The lowest BCUT2D eigenvalue weighted by Gasteiger charge is -2.24. The number of imidazole rings is 1. The summed E-state index contributed by atoms with van der Waals surface area (Å²) in [6.45, 7) is 9.10. The van der Waals surface area contributed by atoms with Gasteiger partial charge in [0.05, 0.1) is 29.3 Å². The Morgan fingerprint density at radius 2 is 2.07 bits per heavy atom. The van der Waals surface area contributed by atoms with Gasteiger partial charge in [0, 0.05) is 12.1 Å². The van der Waals surface area contributed by atoms with Gasteiger partial charge in [0.25, 0.3) is 0 Å². The highest BCUT2D eigenvalue weighted by molar-refractivity contribution is 5.78. The Balaban J connectivity index is 1.47. The molecule has 0 radical (unpaired) electrons. The first-order chi connectivity index (χ1) is 12.9.